The van der Waals surface area contributed by atoms with Gasteiger partial charge in [-0.2, -0.15) is 4.98 Å². The highest BCUT2D eigenvalue weighted by Crippen LogP contribution is 2.34. The standard InChI is InChI=1S/C22H24BrFN4O3S/c1-6-16-27-18-17(23)15(10-14(24)12(2)26-21(29)31-22(3,4)5)30-19(18)20(28-16)25-11-13-8-7-9-32-13/h1,7-9,12,14H,10-11H2,2-5H3,(H,26,29)(H,25,27,28)/t12-,14+/m1/s1. The molecule has 0 aliphatic heterocycles. The van der Waals surface area contributed by atoms with E-state index in [4.69, 9.17) is 15.6 Å². The van der Waals surface area contributed by atoms with Crippen LogP contribution in [0.1, 0.15) is 44.2 Å². The largest absolute Gasteiger partial charge is 0.454 e. The summed E-state index contributed by atoms with van der Waals surface area (Å²) in [5.74, 6) is 3.39. The number of hydrogen-bond donors (Lipinski definition) is 2. The van der Waals surface area contributed by atoms with Gasteiger partial charge in [-0.3, -0.25) is 0 Å². The number of nitrogens with zero attached hydrogens (tertiary/aromatic N) is 2. The van der Waals surface area contributed by atoms with E-state index in [2.05, 4.69) is 42.5 Å². The van der Waals surface area contributed by atoms with Gasteiger partial charge in [0.25, 0.3) is 0 Å². The zero-order valence-electron chi connectivity index (χ0n) is 18.2. The highest BCUT2D eigenvalue weighted by molar-refractivity contribution is 9.10. The lowest BCUT2D eigenvalue weighted by Gasteiger charge is -2.23. The molecule has 32 heavy (non-hydrogen) atoms. The smallest absolute Gasteiger partial charge is 0.407 e. The molecular weight excluding hydrogens is 499 g/mol. The Bertz CT molecular complexity index is 1130. The summed E-state index contributed by atoms with van der Waals surface area (Å²) in [6, 6.07) is 3.15. The number of thiophene rings is 1. The molecule has 2 atom stereocenters. The number of carbonyl (C=O) groups excluding carboxylic acids is 1. The van der Waals surface area contributed by atoms with E-state index in [1.807, 2.05) is 17.5 Å². The number of rotatable bonds is 7. The fourth-order valence-corrected chi connectivity index (χ4v) is 3.99. The van der Waals surface area contributed by atoms with E-state index >= 15 is 0 Å². The van der Waals surface area contributed by atoms with Crippen molar-refractivity contribution in [2.75, 3.05) is 5.32 Å². The summed E-state index contributed by atoms with van der Waals surface area (Å²) in [4.78, 5) is 21.7. The van der Waals surface area contributed by atoms with E-state index in [-0.39, 0.29) is 12.2 Å². The van der Waals surface area contributed by atoms with Gasteiger partial charge in [0.05, 0.1) is 17.1 Å². The second kappa shape index (κ2) is 9.88. The van der Waals surface area contributed by atoms with E-state index in [1.54, 1.807) is 39.0 Å². The first-order valence-electron chi connectivity index (χ1n) is 9.92. The van der Waals surface area contributed by atoms with E-state index in [0.717, 1.165) is 4.88 Å². The lowest BCUT2D eigenvalue weighted by Crippen LogP contribution is -2.42. The van der Waals surface area contributed by atoms with Crippen molar-refractivity contribution in [2.45, 2.75) is 58.5 Å². The van der Waals surface area contributed by atoms with E-state index < -0.39 is 23.9 Å². The molecule has 3 aromatic heterocycles. The van der Waals surface area contributed by atoms with Crippen LogP contribution in [0.2, 0.25) is 0 Å². The number of halogens is 2. The first-order valence-corrected chi connectivity index (χ1v) is 11.6. The zero-order chi connectivity index (χ0) is 23.5. The molecule has 3 aromatic rings. The summed E-state index contributed by atoms with van der Waals surface area (Å²) < 4.78 is 26.5. The fraction of sp³-hybridized carbons (Fsp3) is 0.409. The zero-order valence-corrected chi connectivity index (χ0v) is 20.6. The normalized spacial score (nSPS) is 13.4. The monoisotopic (exact) mass is 522 g/mol. The number of alkyl carbamates (subject to hydrolysis) is 1. The Hall–Kier alpha value is -2.64. The van der Waals surface area contributed by atoms with Crippen LogP contribution in [0.4, 0.5) is 15.0 Å². The maximum Gasteiger partial charge on any atom is 0.407 e. The van der Waals surface area contributed by atoms with Crippen molar-refractivity contribution in [2.24, 2.45) is 0 Å². The predicted molar refractivity (Wildman–Crippen MR) is 127 cm³/mol. The quantitative estimate of drug-likeness (QED) is 0.402. The van der Waals surface area contributed by atoms with Crippen LogP contribution in [0.25, 0.3) is 11.1 Å². The van der Waals surface area contributed by atoms with Gasteiger partial charge in [0, 0.05) is 11.3 Å². The molecule has 0 radical (unpaired) electrons. The van der Waals surface area contributed by atoms with Gasteiger partial charge in [-0.05, 0) is 61.0 Å². The Balaban J connectivity index is 1.79. The molecule has 0 unspecified atom stereocenters. The molecule has 0 aliphatic carbocycles. The lowest BCUT2D eigenvalue weighted by atomic mass is 10.1. The predicted octanol–water partition coefficient (Wildman–Crippen LogP) is 5.43. The Morgan fingerprint density at radius 3 is 2.81 bits per heavy atom. The van der Waals surface area contributed by atoms with Gasteiger partial charge in [0.2, 0.25) is 5.82 Å². The minimum atomic E-state index is -1.43. The molecule has 3 rings (SSSR count). The van der Waals surface area contributed by atoms with Crippen LogP contribution >= 0.6 is 27.3 Å². The van der Waals surface area contributed by atoms with Crippen molar-refractivity contribution in [3.05, 3.63) is 38.4 Å². The Morgan fingerprint density at radius 1 is 1.44 bits per heavy atom. The average molecular weight is 523 g/mol. The van der Waals surface area contributed by atoms with Crippen LogP contribution in [0.15, 0.2) is 26.4 Å². The minimum absolute atomic E-state index is 0.0936. The highest BCUT2D eigenvalue weighted by Gasteiger charge is 2.26. The van der Waals surface area contributed by atoms with Crippen molar-refractivity contribution in [3.8, 4) is 12.3 Å². The number of furan rings is 1. The van der Waals surface area contributed by atoms with Gasteiger partial charge in [0.1, 0.15) is 23.0 Å². The Morgan fingerprint density at radius 2 is 2.19 bits per heavy atom. The molecule has 170 valence electrons. The number of fused-ring (bicyclic) bond motifs is 1. The van der Waals surface area contributed by atoms with Crippen molar-refractivity contribution < 1.29 is 18.3 Å². The summed E-state index contributed by atoms with van der Waals surface area (Å²) >= 11 is 5.06. The van der Waals surface area contributed by atoms with Crippen molar-refractivity contribution >= 4 is 50.3 Å². The first kappa shape index (κ1) is 24.0. The molecule has 0 saturated carbocycles. The number of carbonyl (C=O) groups is 1. The molecule has 0 saturated heterocycles. The molecule has 1 amide bonds. The van der Waals surface area contributed by atoms with Crippen molar-refractivity contribution in [3.63, 3.8) is 0 Å². The molecule has 3 heterocycles. The molecule has 0 spiro atoms. The van der Waals surface area contributed by atoms with Gasteiger partial charge >= 0.3 is 6.09 Å². The fourth-order valence-electron chi connectivity index (χ4n) is 2.83. The first-order chi connectivity index (χ1) is 15.1. The molecule has 0 fully saturated rings. The molecule has 0 bridgehead atoms. The van der Waals surface area contributed by atoms with Gasteiger partial charge in [0.15, 0.2) is 11.4 Å². The Labute approximate surface area is 198 Å². The molecule has 0 aliphatic rings. The number of terminal acetylenes is 1. The van der Waals surface area contributed by atoms with Crippen LogP contribution in [-0.4, -0.2) is 33.9 Å². The maximum absolute atomic E-state index is 14.9. The highest BCUT2D eigenvalue weighted by atomic mass is 79.9. The number of alkyl halides is 1. The maximum atomic E-state index is 14.9. The number of aromatic nitrogens is 2. The van der Waals surface area contributed by atoms with Crippen LogP contribution < -0.4 is 10.6 Å². The third-order valence-electron chi connectivity index (χ3n) is 4.35. The second-order valence-electron chi connectivity index (χ2n) is 8.15. The van der Waals surface area contributed by atoms with E-state index in [1.165, 1.54) is 0 Å². The van der Waals surface area contributed by atoms with Crippen LogP contribution in [0.3, 0.4) is 0 Å². The van der Waals surface area contributed by atoms with Crippen LogP contribution in [0, 0.1) is 12.3 Å². The minimum Gasteiger partial charge on any atom is -0.454 e. The van der Waals surface area contributed by atoms with Gasteiger partial charge in [-0.25, -0.2) is 14.2 Å². The van der Waals surface area contributed by atoms with E-state index in [0.29, 0.717) is 33.7 Å². The van der Waals surface area contributed by atoms with Gasteiger partial charge in [-0.1, -0.05) is 6.07 Å². The Kier molecular flexibility index (Phi) is 7.41. The molecular formula is C22H24BrFN4O3S. The molecule has 10 heteroatoms. The third-order valence-corrected chi connectivity index (χ3v) is 6.04. The molecule has 0 aromatic carbocycles. The van der Waals surface area contributed by atoms with Gasteiger partial charge < -0.3 is 19.8 Å². The number of amides is 1. The summed E-state index contributed by atoms with van der Waals surface area (Å²) in [5.41, 5.74) is 0.163. The van der Waals surface area contributed by atoms with Crippen LogP contribution in [0.5, 0.6) is 0 Å². The van der Waals surface area contributed by atoms with Gasteiger partial charge in [-0.15, -0.1) is 17.8 Å². The van der Waals surface area contributed by atoms with Crippen LogP contribution in [-0.2, 0) is 17.7 Å². The number of nitrogens with one attached hydrogen (secondary N) is 2. The van der Waals surface area contributed by atoms with E-state index in [9.17, 15) is 9.18 Å². The SMILES string of the molecule is C#Cc1nc(NCc2cccs2)c2oc(C[C@H](F)[C@@H](C)NC(=O)OC(C)(C)C)c(Br)c2n1. The summed E-state index contributed by atoms with van der Waals surface area (Å²) in [5, 5.41) is 7.71. The summed E-state index contributed by atoms with van der Waals surface area (Å²) in [6.45, 7) is 7.32. The summed E-state index contributed by atoms with van der Waals surface area (Å²) in [7, 11) is 0. The number of anilines is 1. The third kappa shape index (κ3) is 5.99. The molecule has 2 N–H and O–H groups in total. The lowest BCUT2D eigenvalue weighted by molar-refractivity contribution is 0.0479. The molecule has 7 nitrogen and oxygen atoms in total. The topological polar surface area (TPSA) is 89.3 Å². The number of hydrogen-bond acceptors (Lipinski definition) is 7. The number of ether oxygens (including phenoxy) is 1. The second-order valence-corrected chi connectivity index (χ2v) is 9.97. The summed E-state index contributed by atoms with van der Waals surface area (Å²) in [6.07, 6.45) is 3.31. The van der Waals surface area contributed by atoms with Crippen molar-refractivity contribution in [1.29, 1.82) is 0 Å². The average Bonchev–Trinajstić information content (AvgIpc) is 3.33. The van der Waals surface area contributed by atoms with Crippen molar-refractivity contribution in [1.82, 2.24) is 15.3 Å².